The van der Waals surface area contributed by atoms with E-state index in [-0.39, 0.29) is 5.91 Å². The predicted molar refractivity (Wildman–Crippen MR) is 80.8 cm³/mol. The standard InChI is InChI=1S/C15H15BrN2O2/c1-10-3-4-11(8-17-10)9-18-15(19)13-6-5-12(16)7-14(13)20-2/h3-8H,9H2,1-2H3,(H,18,19). The molecule has 2 aromatic rings. The highest BCUT2D eigenvalue weighted by Gasteiger charge is 2.12. The van der Waals surface area contributed by atoms with E-state index in [4.69, 9.17) is 4.74 Å². The molecule has 0 saturated heterocycles. The summed E-state index contributed by atoms with van der Waals surface area (Å²) in [7, 11) is 1.54. The number of aromatic nitrogens is 1. The first-order valence-electron chi connectivity index (χ1n) is 6.13. The van der Waals surface area contributed by atoms with Crippen molar-refractivity contribution in [2.45, 2.75) is 13.5 Å². The Morgan fingerprint density at radius 2 is 2.15 bits per heavy atom. The van der Waals surface area contributed by atoms with Gasteiger partial charge < -0.3 is 10.1 Å². The molecule has 0 radical (unpaired) electrons. The average Bonchev–Trinajstić information content (AvgIpc) is 2.46. The Balaban J connectivity index is 2.07. The fourth-order valence-corrected chi connectivity index (χ4v) is 2.07. The molecule has 0 bridgehead atoms. The van der Waals surface area contributed by atoms with Crippen molar-refractivity contribution in [1.82, 2.24) is 10.3 Å². The van der Waals surface area contributed by atoms with Gasteiger partial charge in [-0.25, -0.2) is 0 Å². The lowest BCUT2D eigenvalue weighted by Gasteiger charge is -2.09. The molecule has 1 aromatic heterocycles. The van der Waals surface area contributed by atoms with Gasteiger partial charge in [-0.2, -0.15) is 0 Å². The van der Waals surface area contributed by atoms with Crippen molar-refractivity contribution < 1.29 is 9.53 Å². The van der Waals surface area contributed by atoms with Gasteiger partial charge in [0, 0.05) is 22.9 Å². The molecule has 4 nitrogen and oxygen atoms in total. The number of benzene rings is 1. The smallest absolute Gasteiger partial charge is 0.255 e. The molecule has 5 heteroatoms. The zero-order valence-electron chi connectivity index (χ0n) is 11.3. The second kappa shape index (κ2) is 6.52. The van der Waals surface area contributed by atoms with Crippen LogP contribution in [0.1, 0.15) is 21.6 Å². The molecule has 1 heterocycles. The summed E-state index contributed by atoms with van der Waals surface area (Å²) >= 11 is 3.35. The van der Waals surface area contributed by atoms with Crippen LogP contribution in [-0.2, 0) is 6.54 Å². The molecular formula is C15H15BrN2O2. The van der Waals surface area contributed by atoms with E-state index in [0.717, 1.165) is 15.7 Å². The van der Waals surface area contributed by atoms with Crippen LogP contribution in [0, 0.1) is 6.92 Å². The molecule has 0 aliphatic rings. The van der Waals surface area contributed by atoms with Crippen LogP contribution < -0.4 is 10.1 Å². The highest BCUT2D eigenvalue weighted by molar-refractivity contribution is 9.10. The van der Waals surface area contributed by atoms with Gasteiger partial charge in [0.2, 0.25) is 0 Å². The fraction of sp³-hybridized carbons (Fsp3) is 0.200. The third-order valence-electron chi connectivity index (χ3n) is 2.83. The monoisotopic (exact) mass is 334 g/mol. The Morgan fingerprint density at radius 3 is 2.80 bits per heavy atom. The van der Waals surface area contributed by atoms with Crippen molar-refractivity contribution in [3.05, 3.63) is 57.8 Å². The lowest BCUT2D eigenvalue weighted by atomic mass is 10.2. The second-order valence-corrected chi connectivity index (χ2v) is 5.25. The predicted octanol–water partition coefficient (Wildman–Crippen LogP) is 3.09. The van der Waals surface area contributed by atoms with E-state index in [9.17, 15) is 4.79 Å². The Morgan fingerprint density at radius 1 is 1.35 bits per heavy atom. The molecule has 0 fully saturated rings. The van der Waals surface area contributed by atoms with Gasteiger partial charge in [-0.05, 0) is 36.8 Å². The van der Waals surface area contributed by atoms with Gasteiger partial charge in [0.1, 0.15) is 5.75 Å². The number of nitrogens with zero attached hydrogens (tertiary/aromatic N) is 1. The van der Waals surface area contributed by atoms with Crippen molar-refractivity contribution in [1.29, 1.82) is 0 Å². The van der Waals surface area contributed by atoms with Crippen LogP contribution in [-0.4, -0.2) is 18.0 Å². The van der Waals surface area contributed by atoms with E-state index in [0.29, 0.717) is 17.9 Å². The number of methoxy groups -OCH3 is 1. The summed E-state index contributed by atoms with van der Waals surface area (Å²) in [6.45, 7) is 2.36. The summed E-state index contributed by atoms with van der Waals surface area (Å²) in [6, 6.07) is 9.17. The number of hydrogen-bond donors (Lipinski definition) is 1. The summed E-state index contributed by atoms with van der Waals surface area (Å²) in [5.74, 6) is 0.369. The van der Waals surface area contributed by atoms with E-state index in [2.05, 4.69) is 26.2 Å². The summed E-state index contributed by atoms with van der Waals surface area (Å²) in [5.41, 5.74) is 2.42. The Kier molecular flexibility index (Phi) is 4.74. The number of ether oxygens (including phenoxy) is 1. The number of aryl methyl sites for hydroxylation is 1. The number of amides is 1. The highest BCUT2D eigenvalue weighted by Crippen LogP contribution is 2.23. The second-order valence-electron chi connectivity index (χ2n) is 4.34. The van der Waals surface area contributed by atoms with Gasteiger partial charge in [-0.1, -0.05) is 22.0 Å². The molecule has 20 heavy (non-hydrogen) atoms. The number of pyridine rings is 1. The summed E-state index contributed by atoms with van der Waals surface area (Å²) in [4.78, 5) is 16.3. The minimum Gasteiger partial charge on any atom is -0.496 e. The SMILES string of the molecule is COc1cc(Br)ccc1C(=O)NCc1ccc(C)nc1. The molecule has 1 N–H and O–H groups in total. The number of halogens is 1. The zero-order chi connectivity index (χ0) is 14.5. The first-order chi connectivity index (χ1) is 9.60. The van der Waals surface area contributed by atoms with Crippen LogP contribution in [0.3, 0.4) is 0 Å². The van der Waals surface area contributed by atoms with Gasteiger partial charge >= 0.3 is 0 Å². The van der Waals surface area contributed by atoms with Crippen LogP contribution in [0.2, 0.25) is 0 Å². The Labute approximate surface area is 126 Å². The number of rotatable bonds is 4. The fourth-order valence-electron chi connectivity index (χ4n) is 1.73. The van der Waals surface area contributed by atoms with Gasteiger partial charge in [0.15, 0.2) is 0 Å². The Hall–Kier alpha value is -1.88. The van der Waals surface area contributed by atoms with Crippen molar-refractivity contribution in [3.63, 3.8) is 0 Å². The molecule has 0 aliphatic carbocycles. The van der Waals surface area contributed by atoms with E-state index in [1.807, 2.05) is 25.1 Å². The van der Waals surface area contributed by atoms with E-state index in [1.54, 1.807) is 25.4 Å². The van der Waals surface area contributed by atoms with Crippen molar-refractivity contribution in [2.24, 2.45) is 0 Å². The molecule has 1 aromatic carbocycles. The third kappa shape index (κ3) is 3.57. The van der Waals surface area contributed by atoms with E-state index < -0.39 is 0 Å². The highest BCUT2D eigenvalue weighted by atomic mass is 79.9. The van der Waals surface area contributed by atoms with Crippen LogP contribution in [0.5, 0.6) is 5.75 Å². The van der Waals surface area contributed by atoms with Crippen molar-refractivity contribution in [2.75, 3.05) is 7.11 Å². The van der Waals surface area contributed by atoms with Crippen LogP contribution in [0.4, 0.5) is 0 Å². The maximum Gasteiger partial charge on any atom is 0.255 e. The normalized spacial score (nSPS) is 10.2. The van der Waals surface area contributed by atoms with Crippen LogP contribution in [0.15, 0.2) is 41.0 Å². The molecule has 2 rings (SSSR count). The molecule has 0 unspecified atom stereocenters. The third-order valence-corrected chi connectivity index (χ3v) is 3.33. The van der Waals surface area contributed by atoms with Crippen LogP contribution in [0.25, 0.3) is 0 Å². The molecule has 0 spiro atoms. The largest absolute Gasteiger partial charge is 0.496 e. The molecule has 0 aliphatic heterocycles. The maximum atomic E-state index is 12.1. The minimum atomic E-state index is -0.171. The van der Waals surface area contributed by atoms with Gasteiger partial charge in [-0.15, -0.1) is 0 Å². The van der Waals surface area contributed by atoms with Gasteiger partial charge in [0.25, 0.3) is 5.91 Å². The quantitative estimate of drug-likeness (QED) is 0.934. The summed E-state index contributed by atoms with van der Waals surface area (Å²) in [6.07, 6.45) is 1.76. The van der Waals surface area contributed by atoms with Crippen molar-refractivity contribution >= 4 is 21.8 Å². The lowest BCUT2D eigenvalue weighted by Crippen LogP contribution is -2.23. The van der Waals surface area contributed by atoms with E-state index in [1.165, 1.54) is 0 Å². The van der Waals surface area contributed by atoms with E-state index >= 15 is 0 Å². The zero-order valence-corrected chi connectivity index (χ0v) is 12.9. The first-order valence-corrected chi connectivity index (χ1v) is 6.92. The van der Waals surface area contributed by atoms with Crippen LogP contribution >= 0.6 is 15.9 Å². The number of carbonyl (C=O) groups excluding carboxylic acids is 1. The number of hydrogen-bond acceptors (Lipinski definition) is 3. The Bertz CT molecular complexity index is 612. The molecule has 104 valence electrons. The number of nitrogens with one attached hydrogen (secondary N) is 1. The van der Waals surface area contributed by atoms with Gasteiger partial charge in [-0.3, -0.25) is 9.78 Å². The van der Waals surface area contributed by atoms with Crippen molar-refractivity contribution in [3.8, 4) is 5.75 Å². The molecular weight excluding hydrogens is 320 g/mol. The minimum absolute atomic E-state index is 0.171. The molecule has 0 saturated carbocycles. The first kappa shape index (κ1) is 14.5. The summed E-state index contributed by atoms with van der Waals surface area (Å²) < 4.78 is 6.08. The topological polar surface area (TPSA) is 51.2 Å². The van der Waals surface area contributed by atoms with Gasteiger partial charge in [0.05, 0.1) is 12.7 Å². The maximum absolute atomic E-state index is 12.1. The summed E-state index contributed by atoms with van der Waals surface area (Å²) in [5, 5.41) is 2.85. The molecule has 0 atom stereocenters. The lowest BCUT2D eigenvalue weighted by molar-refractivity contribution is 0.0948. The average molecular weight is 335 g/mol. The number of carbonyl (C=O) groups is 1. The molecule has 1 amide bonds.